The molecule has 4 fully saturated rings. The van der Waals surface area contributed by atoms with Gasteiger partial charge < -0.3 is 18.9 Å². The van der Waals surface area contributed by atoms with E-state index in [1.807, 2.05) is 0 Å². The minimum Gasteiger partial charge on any atom is -0.464 e. The second kappa shape index (κ2) is 6.57. The fourth-order valence-corrected chi connectivity index (χ4v) is 4.86. The molecule has 0 aromatic rings. The molecule has 0 aromatic carbocycles. The number of hydrogen-bond acceptors (Lipinski definition) is 8. The number of nitrogens with zero attached hydrogens (tertiary/aromatic N) is 1. The van der Waals surface area contributed by atoms with Crippen LogP contribution in [0.25, 0.3) is 0 Å². The third-order valence-corrected chi connectivity index (χ3v) is 5.88. The van der Waals surface area contributed by atoms with E-state index in [0.29, 0.717) is 26.2 Å². The molecule has 8 nitrogen and oxygen atoms in total. The quantitative estimate of drug-likeness (QED) is 0.487. The van der Waals surface area contributed by atoms with Crippen LogP contribution in [0.2, 0.25) is 0 Å². The van der Waals surface area contributed by atoms with Gasteiger partial charge in [-0.25, -0.2) is 0 Å². The van der Waals surface area contributed by atoms with E-state index in [1.165, 1.54) is 6.92 Å². The van der Waals surface area contributed by atoms with Crippen LogP contribution in [0, 0.1) is 23.7 Å². The van der Waals surface area contributed by atoms with Gasteiger partial charge in [-0.05, 0) is 6.42 Å². The Hall–Kier alpha value is -1.67. The lowest BCUT2D eigenvalue weighted by Crippen LogP contribution is -2.44. The lowest BCUT2D eigenvalue weighted by Gasteiger charge is -2.30. The van der Waals surface area contributed by atoms with Gasteiger partial charge in [-0.15, -0.1) is 0 Å². The first-order chi connectivity index (χ1) is 12.1. The van der Waals surface area contributed by atoms with Crippen LogP contribution >= 0.6 is 0 Å². The fourth-order valence-electron chi connectivity index (χ4n) is 4.86. The molecule has 2 saturated heterocycles. The molecular formula is C17H23NO7. The number of carbonyl (C=O) groups is 3. The molecule has 6 atom stereocenters. The van der Waals surface area contributed by atoms with Gasteiger partial charge in [-0.1, -0.05) is 0 Å². The number of hydrogen-bond donors (Lipinski definition) is 0. The van der Waals surface area contributed by atoms with Gasteiger partial charge in [0.1, 0.15) is 18.8 Å². The number of ether oxygens (including phenoxy) is 4. The summed E-state index contributed by atoms with van der Waals surface area (Å²) in [4.78, 5) is 38.3. The molecule has 2 aliphatic heterocycles. The van der Waals surface area contributed by atoms with Crippen LogP contribution in [0.4, 0.5) is 0 Å². The molecule has 0 radical (unpaired) electrons. The van der Waals surface area contributed by atoms with Gasteiger partial charge in [-0.2, -0.15) is 0 Å². The largest absolute Gasteiger partial charge is 0.464 e. The Morgan fingerprint density at radius 3 is 2.72 bits per heavy atom. The van der Waals surface area contributed by atoms with Crippen LogP contribution in [-0.4, -0.2) is 74.5 Å². The van der Waals surface area contributed by atoms with Crippen molar-refractivity contribution in [2.24, 2.45) is 23.7 Å². The summed E-state index contributed by atoms with van der Waals surface area (Å²) < 4.78 is 21.5. The number of fused-ring (bicyclic) bond motifs is 1. The number of esters is 3. The molecule has 138 valence electrons. The van der Waals surface area contributed by atoms with Crippen molar-refractivity contribution >= 4 is 17.9 Å². The third-order valence-electron chi connectivity index (χ3n) is 5.88. The first kappa shape index (κ1) is 16.8. The average Bonchev–Trinajstić information content (AvgIpc) is 3.19. The van der Waals surface area contributed by atoms with E-state index in [9.17, 15) is 14.4 Å². The zero-order chi connectivity index (χ0) is 17.6. The maximum absolute atomic E-state index is 12.6. The summed E-state index contributed by atoms with van der Waals surface area (Å²) in [5, 5.41) is 0. The van der Waals surface area contributed by atoms with E-state index in [1.54, 1.807) is 0 Å². The van der Waals surface area contributed by atoms with Crippen molar-refractivity contribution in [3.63, 3.8) is 0 Å². The third kappa shape index (κ3) is 2.91. The summed E-state index contributed by atoms with van der Waals surface area (Å²) in [5.74, 6) is -2.40. The van der Waals surface area contributed by atoms with Gasteiger partial charge in [0.15, 0.2) is 0 Å². The lowest BCUT2D eigenvalue weighted by molar-refractivity contribution is -0.164. The van der Waals surface area contributed by atoms with Crippen LogP contribution in [0.3, 0.4) is 0 Å². The average molecular weight is 353 g/mol. The highest BCUT2D eigenvalue weighted by molar-refractivity contribution is 5.86. The fraction of sp³-hybridized carbons (Fsp3) is 0.824. The van der Waals surface area contributed by atoms with Crippen LogP contribution < -0.4 is 0 Å². The molecule has 4 aliphatic rings. The van der Waals surface area contributed by atoms with Crippen molar-refractivity contribution in [1.29, 1.82) is 0 Å². The van der Waals surface area contributed by atoms with Gasteiger partial charge in [-0.3, -0.25) is 19.3 Å². The number of rotatable bonds is 5. The van der Waals surface area contributed by atoms with Crippen molar-refractivity contribution < 1.29 is 33.3 Å². The standard InChI is InChI=1S/C17H23NO7/c1-9(19)24-14-10-8-11-13(17(21)25-15(11)14)12(10)16(20)23-7-4-18-2-5-22-6-3-18/h10-15H,2-8H2,1H3. The Morgan fingerprint density at radius 2 is 2.00 bits per heavy atom. The summed E-state index contributed by atoms with van der Waals surface area (Å²) in [6.07, 6.45) is -0.256. The van der Waals surface area contributed by atoms with Crippen molar-refractivity contribution in [3.8, 4) is 0 Å². The molecule has 4 rings (SSSR count). The smallest absolute Gasteiger partial charge is 0.310 e. The molecular weight excluding hydrogens is 330 g/mol. The van der Waals surface area contributed by atoms with Crippen molar-refractivity contribution in [2.45, 2.75) is 25.6 Å². The van der Waals surface area contributed by atoms with Gasteiger partial charge in [0.25, 0.3) is 0 Å². The van der Waals surface area contributed by atoms with Crippen LogP contribution in [-0.2, 0) is 33.3 Å². The summed E-state index contributed by atoms with van der Waals surface area (Å²) in [6.45, 7) is 5.32. The molecule has 0 aromatic heterocycles. The van der Waals surface area contributed by atoms with Crippen LogP contribution in [0.15, 0.2) is 0 Å². The molecule has 0 N–H and O–H groups in total. The second-order valence-corrected chi connectivity index (χ2v) is 7.21. The lowest BCUT2D eigenvalue weighted by atomic mass is 9.78. The van der Waals surface area contributed by atoms with Crippen molar-refractivity contribution in [2.75, 3.05) is 39.5 Å². The predicted octanol–water partition coefficient (Wildman–Crippen LogP) is -0.399. The van der Waals surface area contributed by atoms with Gasteiger partial charge in [0, 0.05) is 38.4 Å². The molecule has 2 bridgehead atoms. The summed E-state index contributed by atoms with van der Waals surface area (Å²) >= 11 is 0. The second-order valence-electron chi connectivity index (χ2n) is 7.21. The van der Waals surface area contributed by atoms with E-state index in [0.717, 1.165) is 13.1 Å². The highest BCUT2D eigenvalue weighted by Gasteiger charge is 2.70. The number of carbonyl (C=O) groups excluding carboxylic acids is 3. The van der Waals surface area contributed by atoms with E-state index in [-0.39, 0.29) is 30.4 Å². The van der Waals surface area contributed by atoms with E-state index in [2.05, 4.69) is 4.90 Å². The zero-order valence-electron chi connectivity index (χ0n) is 14.2. The Kier molecular flexibility index (Phi) is 4.41. The van der Waals surface area contributed by atoms with E-state index in [4.69, 9.17) is 18.9 Å². The zero-order valence-corrected chi connectivity index (χ0v) is 14.2. The minimum atomic E-state index is -0.565. The van der Waals surface area contributed by atoms with E-state index >= 15 is 0 Å². The molecule has 2 aliphatic carbocycles. The maximum Gasteiger partial charge on any atom is 0.310 e. The Bertz CT molecular complexity index is 573. The van der Waals surface area contributed by atoms with Crippen LogP contribution in [0.5, 0.6) is 0 Å². The van der Waals surface area contributed by atoms with Gasteiger partial charge in [0.05, 0.1) is 25.0 Å². The SMILES string of the molecule is CC(=O)OC1C2CC3C1OC(=O)C3C2C(=O)OCCN1CCOCC1. The summed E-state index contributed by atoms with van der Waals surface area (Å²) in [6, 6.07) is 0. The van der Waals surface area contributed by atoms with Crippen LogP contribution in [0.1, 0.15) is 13.3 Å². The van der Waals surface area contributed by atoms with Crippen molar-refractivity contribution in [3.05, 3.63) is 0 Å². The normalized spacial score (nSPS) is 39.3. The molecule has 0 spiro atoms. The molecule has 25 heavy (non-hydrogen) atoms. The monoisotopic (exact) mass is 353 g/mol. The molecule has 6 unspecified atom stereocenters. The van der Waals surface area contributed by atoms with Gasteiger partial charge >= 0.3 is 17.9 Å². The summed E-state index contributed by atoms with van der Waals surface area (Å²) in [7, 11) is 0. The van der Waals surface area contributed by atoms with E-state index < -0.39 is 30.0 Å². The molecule has 0 amide bonds. The Labute approximate surface area is 145 Å². The first-order valence-electron chi connectivity index (χ1n) is 8.90. The molecule has 8 heteroatoms. The topological polar surface area (TPSA) is 91.4 Å². The molecule has 2 heterocycles. The number of morpholine rings is 1. The highest BCUT2D eigenvalue weighted by Crippen LogP contribution is 2.58. The Morgan fingerprint density at radius 1 is 1.24 bits per heavy atom. The first-order valence-corrected chi connectivity index (χ1v) is 8.90. The molecule has 2 saturated carbocycles. The van der Waals surface area contributed by atoms with Gasteiger partial charge in [0.2, 0.25) is 0 Å². The summed E-state index contributed by atoms with van der Waals surface area (Å²) in [5.41, 5.74) is 0. The van der Waals surface area contributed by atoms with Crippen molar-refractivity contribution in [1.82, 2.24) is 4.90 Å². The maximum atomic E-state index is 12.6. The Balaban J connectivity index is 1.38. The minimum absolute atomic E-state index is 0.0429. The highest BCUT2D eigenvalue weighted by atomic mass is 16.6. The predicted molar refractivity (Wildman–Crippen MR) is 82.2 cm³/mol.